The molecule has 2 aromatic carbocycles. The first-order chi connectivity index (χ1) is 11.2. The predicted octanol–water partition coefficient (Wildman–Crippen LogP) is 5.79. The van der Waals surface area contributed by atoms with E-state index < -0.39 is 0 Å². The van der Waals surface area contributed by atoms with Crippen molar-refractivity contribution in [3.05, 3.63) is 77.1 Å². The molecule has 0 spiro atoms. The summed E-state index contributed by atoms with van der Waals surface area (Å²) in [4.78, 5) is 2.13. The second kappa shape index (κ2) is 7.31. The molecule has 0 radical (unpaired) electrons. The zero-order valence-electron chi connectivity index (χ0n) is 15.5. The van der Waals surface area contributed by atoms with Crippen LogP contribution in [0.25, 0.3) is 5.57 Å². The largest absolute Gasteiger partial charge is 0.298 e. The minimum atomic E-state index is -0.157. The van der Waals surface area contributed by atoms with Gasteiger partial charge in [-0.3, -0.25) is 4.90 Å². The minimum absolute atomic E-state index is 0.157. The first kappa shape index (κ1) is 18.4. The van der Waals surface area contributed by atoms with Crippen molar-refractivity contribution < 1.29 is 4.39 Å². The molecule has 0 fully saturated rings. The van der Waals surface area contributed by atoms with Crippen molar-refractivity contribution in [2.75, 3.05) is 7.05 Å². The average Bonchev–Trinajstić information content (AvgIpc) is 2.48. The Hall–Kier alpha value is -1.93. The molecule has 0 aliphatic rings. The highest BCUT2D eigenvalue weighted by atomic mass is 19.1. The molecular formula is C22H28FN. The first-order valence-electron chi connectivity index (χ1n) is 8.39. The van der Waals surface area contributed by atoms with Gasteiger partial charge in [0.2, 0.25) is 0 Å². The van der Waals surface area contributed by atoms with Crippen LogP contribution in [0, 0.1) is 5.82 Å². The second-order valence-corrected chi connectivity index (χ2v) is 7.71. The Morgan fingerprint density at radius 3 is 2.21 bits per heavy atom. The van der Waals surface area contributed by atoms with E-state index in [9.17, 15) is 4.39 Å². The van der Waals surface area contributed by atoms with Gasteiger partial charge in [0.15, 0.2) is 0 Å². The van der Waals surface area contributed by atoms with Gasteiger partial charge in [0.1, 0.15) is 5.82 Å². The third-order valence-corrected chi connectivity index (χ3v) is 4.25. The van der Waals surface area contributed by atoms with E-state index in [1.54, 1.807) is 6.07 Å². The molecule has 0 atom stereocenters. The lowest BCUT2D eigenvalue weighted by Crippen LogP contribution is -2.18. The fourth-order valence-electron chi connectivity index (χ4n) is 2.73. The molecule has 0 bridgehead atoms. The van der Waals surface area contributed by atoms with Gasteiger partial charge in [-0.15, -0.1) is 0 Å². The lowest BCUT2D eigenvalue weighted by atomic mass is 9.87. The van der Waals surface area contributed by atoms with Crippen LogP contribution < -0.4 is 0 Å². The average molecular weight is 325 g/mol. The van der Waals surface area contributed by atoms with Gasteiger partial charge in [-0.25, -0.2) is 4.39 Å². The summed E-state index contributed by atoms with van der Waals surface area (Å²) in [6.07, 6.45) is 0. The Balaban J connectivity index is 2.07. The summed E-state index contributed by atoms with van der Waals surface area (Å²) in [5.41, 5.74) is 5.39. The summed E-state index contributed by atoms with van der Waals surface area (Å²) in [5, 5.41) is 0. The summed E-state index contributed by atoms with van der Waals surface area (Å²) in [7, 11) is 2.02. The molecule has 0 N–H and O–H groups in total. The number of allylic oxidation sites excluding steroid dienone is 1. The van der Waals surface area contributed by atoms with Crippen molar-refractivity contribution in [3.63, 3.8) is 0 Å². The van der Waals surface area contributed by atoms with Crippen molar-refractivity contribution in [3.8, 4) is 0 Å². The topological polar surface area (TPSA) is 3.24 Å². The number of nitrogens with zero attached hydrogens (tertiary/aromatic N) is 1. The van der Waals surface area contributed by atoms with E-state index in [4.69, 9.17) is 0 Å². The number of rotatable bonds is 5. The SMILES string of the molecule is C=C(C)c1ccc(F)c(CN(C)Cc2ccc(C(C)(C)C)cc2)c1. The standard InChI is InChI=1S/C22H28FN/c1-16(2)18-9-12-21(23)19(13-18)15-24(6)14-17-7-10-20(11-8-17)22(3,4)5/h7-13H,1,14-15H2,2-6H3. The van der Waals surface area contributed by atoms with Crippen LogP contribution in [0.15, 0.2) is 49.0 Å². The number of hydrogen-bond acceptors (Lipinski definition) is 1. The second-order valence-electron chi connectivity index (χ2n) is 7.71. The monoisotopic (exact) mass is 325 g/mol. The zero-order chi connectivity index (χ0) is 17.9. The maximum Gasteiger partial charge on any atom is 0.127 e. The third kappa shape index (κ3) is 4.78. The smallest absolute Gasteiger partial charge is 0.127 e. The molecule has 2 heteroatoms. The van der Waals surface area contributed by atoms with Gasteiger partial charge >= 0.3 is 0 Å². The van der Waals surface area contributed by atoms with Gasteiger partial charge in [-0.2, -0.15) is 0 Å². The van der Waals surface area contributed by atoms with E-state index >= 15 is 0 Å². The van der Waals surface area contributed by atoms with E-state index in [1.807, 2.05) is 20.0 Å². The zero-order valence-corrected chi connectivity index (χ0v) is 15.5. The molecule has 0 unspecified atom stereocenters. The molecule has 0 amide bonds. The Bertz CT molecular complexity index is 708. The van der Waals surface area contributed by atoms with Gasteiger partial charge in [0.05, 0.1) is 0 Å². The van der Waals surface area contributed by atoms with E-state index in [-0.39, 0.29) is 11.2 Å². The van der Waals surface area contributed by atoms with Crippen molar-refractivity contribution in [1.82, 2.24) is 4.90 Å². The maximum absolute atomic E-state index is 14.1. The van der Waals surface area contributed by atoms with Crippen molar-refractivity contribution in [1.29, 1.82) is 0 Å². The quantitative estimate of drug-likeness (QED) is 0.672. The molecular weight excluding hydrogens is 297 g/mol. The number of halogens is 1. The molecule has 0 aliphatic carbocycles. The van der Waals surface area contributed by atoms with Crippen molar-refractivity contribution in [2.24, 2.45) is 0 Å². The van der Waals surface area contributed by atoms with Gasteiger partial charge in [-0.05, 0) is 48.2 Å². The molecule has 128 valence electrons. The summed E-state index contributed by atoms with van der Waals surface area (Å²) < 4.78 is 14.1. The van der Waals surface area contributed by atoms with E-state index in [2.05, 4.69) is 56.5 Å². The fraction of sp³-hybridized carbons (Fsp3) is 0.364. The summed E-state index contributed by atoms with van der Waals surface area (Å²) in [6, 6.07) is 13.9. The van der Waals surface area contributed by atoms with Crippen LogP contribution >= 0.6 is 0 Å². The van der Waals surface area contributed by atoms with Crippen LogP contribution in [0.3, 0.4) is 0 Å². The van der Waals surface area contributed by atoms with Crippen LogP contribution in [0.5, 0.6) is 0 Å². The molecule has 0 heterocycles. The van der Waals surface area contributed by atoms with Crippen molar-refractivity contribution in [2.45, 2.75) is 46.2 Å². The van der Waals surface area contributed by atoms with Crippen LogP contribution in [0.1, 0.15) is 49.9 Å². The van der Waals surface area contributed by atoms with Crippen molar-refractivity contribution >= 4 is 5.57 Å². The summed E-state index contributed by atoms with van der Waals surface area (Å²) >= 11 is 0. The van der Waals surface area contributed by atoms with Crippen LogP contribution in [-0.2, 0) is 18.5 Å². The molecule has 0 saturated carbocycles. The van der Waals surface area contributed by atoms with E-state index in [0.717, 1.165) is 17.7 Å². The Labute approximate surface area is 145 Å². The fourth-order valence-corrected chi connectivity index (χ4v) is 2.73. The summed E-state index contributed by atoms with van der Waals surface area (Å²) in [5.74, 6) is -0.157. The normalized spacial score (nSPS) is 11.8. The highest BCUT2D eigenvalue weighted by molar-refractivity contribution is 5.61. The predicted molar refractivity (Wildman–Crippen MR) is 101 cm³/mol. The summed E-state index contributed by atoms with van der Waals surface area (Å²) in [6.45, 7) is 13.9. The van der Waals surface area contributed by atoms with Gasteiger partial charge in [0, 0.05) is 18.7 Å². The molecule has 0 saturated heterocycles. The van der Waals surface area contributed by atoms with E-state index in [1.165, 1.54) is 17.2 Å². The molecule has 24 heavy (non-hydrogen) atoms. The molecule has 0 aliphatic heterocycles. The van der Waals surface area contributed by atoms with Crippen LogP contribution in [-0.4, -0.2) is 11.9 Å². The minimum Gasteiger partial charge on any atom is -0.298 e. The van der Waals surface area contributed by atoms with E-state index in [0.29, 0.717) is 12.1 Å². The molecule has 0 aromatic heterocycles. The lowest BCUT2D eigenvalue weighted by molar-refractivity contribution is 0.313. The molecule has 1 nitrogen and oxygen atoms in total. The van der Waals surface area contributed by atoms with Gasteiger partial charge < -0.3 is 0 Å². The highest BCUT2D eigenvalue weighted by Gasteiger charge is 2.13. The van der Waals surface area contributed by atoms with Crippen LogP contribution in [0.2, 0.25) is 0 Å². The van der Waals surface area contributed by atoms with Gasteiger partial charge in [-0.1, -0.05) is 63.3 Å². The molecule has 2 aromatic rings. The molecule has 2 rings (SSSR count). The van der Waals surface area contributed by atoms with Crippen LogP contribution in [0.4, 0.5) is 4.39 Å². The Morgan fingerprint density at radius 1 is 1.04 bits per heavy atom. The van der Waals surface area contributed by atoms with Gasteiger partial charge in [0.25, 0.3) is 0 Å². The first-order valence-corrected chi connectivity index (χ1v) is 8.39. The highest BCUT2D eigenvalue weighted by Crippen LogP contribution is 2.23. The number of benzene rings is 2. The third-order valence-electron chi connectivity index (χ3n) is 4.25. The Kier molecular flexibility index (Phi) is 5.61. The number of hydrogen-bond donors (Lipinski definition) is 0. The lowest BCUT2D eigenvalue weighted by Gasteiger charge is -2.21. The Morgan fingerprint density at radius 2 is 1.67 bits per heavy atom. The maximum atomic E-state index is 14.1.